The van der Waals surface area contributed by atoms with Gasteiger partial charge in [-0.2, -0.15) is 4.99 Å². The minimum atomic E-state index is -1.76. The van der Waals surface area contributed by atoms with Crippen LogP contribution in [0.2, 0.25) is 0 Å². The summed E-state index contributed by atoms with van der Waals surface area (Å²) < 4.78 is 10.4. The first-order chi connectivity index (χ1) is 14.3. The van der Waals surface area contributed by atoms with Crippen molar-refractivity contribution in [1.82, 2.24) is 4.98 Å². The highest BCUT2D eigenvalue weighted by Crippen LogP contribution is 2.37. The van der Waals surface area contributed by atoms with E-state index in [9.17, 15) is 0 Å². The highest BCUT2D eigenvalue weighted by molar-refractivity contribution is 7.06. The van der Waals surface area contributed by atoms with Gasteiger partial charge in [-0.15, -0.1) is 3.96 Å². The van der Waals surface area contributed by atoms with Crippen molar-refractivity contribution < 1.29 is 13.4 Å². The summed E-state index contributed by atoms with van der Waals surface area (Å²) >= 11 is 20.1. The molecule has 0 saturated heterocycles. The summed E-state index contributed by atoms with van der Waals surface area (Å²) in [6.45, 7) is 0. The summed E-state index contributed by atoms with van der Waals surface area (Å²) in [5.74, 6) is 0.763. The van der Waals surface area contributed by atoms with Gasteiger partial charge in [0, 0.05) is 7.05 Å². The zero-order valence-electron chi connectivity index (χ0n) is 16.5. The molecule has 30 heavy (non-hydrogen) atoms. The zero-order valence-corrected chi connectivity index (χ0v) is 19.6. The van der Waals surface area contributed by atoms with E-state index >= 15 is 0 Å². The van der Waals surface area contributed by atoms with Gasteiger partial charge in [0.05, 0.1) is 19.8 Å². The molecule has 0 spiro atoms. The summed E-state index contributed by atoms with van der Waals surface area (Å²) in [5, 5.41) is 0.601. The Morgan fingerprint density at radius 2 is 1.60 bits per heavy atom. The Labute approximate surface area is 194 Å². The standard InChI is InChI=1S/C20H20Cl3N4O2S/c1-26(17(20(21,22)23)25-19(28-2)29-3)18-24-16(14-10-6-4-7-11-14)27(30-18)15-12-8-5-9-13-15/h4-13,17H,1-3H3/q+1/t17-/m0/s1. The molecule has 0 saturated carbocycles. The number of rotatable bonds is 5. The summed E-state index contributed by atoms with van der Waals surface area (Å²) in [6.07, 6.45) is -0.939. The minimum absolute atomic E-state index is 0.00560. The number of benzene rings is 2. The fourth-order valence-corrected chi connectivity index (χ4v) is 4.27. The molecule has 158 valence electrons. The van der Waals surface area contributed by atoms with Crippen molar-refractivity contribution in [3.63, 3.8) is 0 Å². The molecule has 1 heterocycles. The van der Waals surface area contributed by atoms with E-state index in [-0.39, 0.29) is 6.08 Å². The van der Waals surface area contributed by atoms with Crippen molar-refractivity contribution in [3.8, 4) is 17.1 Å². The number of aromatic nitrogens is 2. The van der Waals surface area contributed by atoms with Crippen LogP contribution in [0.15, 0.2) is 65.7 Å². The lowest BCUT2D eigenvalue weighted by Crippen LogP contribution is -2.41. The van der Waals surface area contributed by atoms with Crippen LogP contribution < -0.4 is 8.86 Å². The van der Waals surface area contributed by atoms with Crippen LogP contribution in [0, 0.1) is 0 Å². The number of anilines is 1. The molecule has 0 aliphatic carbocycles. The second-order valence-electron chi connectivity index (χ2n) is 6.13. The molecule has 1 aromatic heterocycles. The number of nitrogens with zero attached hydrogens (tertiary/aromatic N) is 4. The number of hydrogen-bond donors (Lipinski definition) is 0. The third-order valence-corrected chi connectivity index (χ3v) is 5.82. The van der Waals surface area contributed by atoms with Gasteiger partial charge >= 0.3 is 17.0 Å². The molecule has 6 nitrogen and oxygen atoms in total. The number of ether oxygens (including phenoxy) is 2. The predicted molar refractivity (Wildman–Crippen MR) is 123 cm³/mol. The fourth-order valence-electron chi connectivity index (χ4n) is 2.70. The molecular formula is C20H20Cl3N4O2S+. The Bertz CT molecular complexity index is 931. The van der Waals surface area contributed by atoms with E-state index in [2.05, 4.69) is 4.99 Å². The van der Waals surface area contributed by atoms with Crippen molar-refractivity contribution in [1.29, 1.82) is 0 Å². The van der Waals surface area contributed by atoms with Crippen LogP contribution in [-0.2, 0) is 9.47 Å². The summed E-state index contributed by atoms with van der Waals surface area (Å²) in [6, 6.07) is 19.8. The van der Waals surface area contributed by atoms with Gasteiger partial charge in [-0.3, -0.25) is 0 Å². The van der Waals surface area contributed by atoms with Crippen LogP contribution in [-0.4, -0.2) is 42.3 Å². The SMILES string of the molecule is COC(=N[C@@H](N(C)c1nc(-c2ccccc2)[n+](-c2ccccc2)s1)C(Cl)(Cl)Cl)OC. The molecule has 1 atom stereocenters. The molecule has 0 N–H and O–H groups in total. The van der Waals surface area contributed by atoms with Crippen molar-refractivity contribution >= 4 is 57.6 Å². The predicted octanol–water partition coefficient (Wildman–Crippen LogP) is 4.87. The van der Waals surface area contributed by atoms with Crippen LogP contribution in [0.3, 0.4) is 0 Å². The van der Waals surface area contributed by atoms with Gasteiger partial charge in [0.2, 0.25) is 3.79 Å². The van der Waals surface area contributed by atoms with E-state index in [1.807, 2.05) is 64.6 Å². The number of methoxy groups -OCH3 is 2. The summed E-state index contributed by atoms with van der Waals surface area (Å²) in [7, 11) is 4.61. The van der Waals surface area contributed by atoms with E-state index in [0.717, 1.165) is 17.1 Å². The third kappa shape index (κ3) is 5.16. The lowest BCUT2D eigenvalue weighted by atomic mass is 10.2. The molecule has 2 aromatic carbocycles. The van der Waals surface area contributed by atoms with E-state index in [4.69, 9.17) is 49.3 Å². The second-order valence-corrected chi connectivity index (χ2v) is 9.42. The topological polar surface area (TPSA) is 50.8 Å². The molecule has 3 aromatic rings. The van der Waals surface area contributed by atoms with Crippen LogP contribution >= 0.6 is 46.3 Å². The number of hydrogen-bond acceptors (Lipinski definition) is 6. The molecule has 10 heteroatoms. The Morgan fingerprint density at radius 3 is 2.13 bits per heavy atom. The Balaban J connectivity index is 2.11. The first-order valence-electron chi connectivity index (χ1n) is 8.84. The maximum absolute atomic E-state index is 6.22. The van der Waals surface area contributed by atoms with Gasteiger partial charge < -0.3 is 14.4 Å². The maximum Gasteiger partial charge on any atom is 0.385 e. The Hall–Kier alpha value is -2.06. The zero-order chi connectivity index (χ0) is 21.7. The van der Waals surface area contributed by atoms with Gasteiger partial charge in [-0.1, -0.05) is 71.2 Å². The Kier molecular flexibility index (Phi) is 7.41. The van der Waals surface area contributed by atoms with E-state index in [0.29, 0.717) is 5.13 Å². The lowest BCUT2D eigenvalue weighted by molar-refractivity contribution is -0.509. The lowest BCUT2D eigenvalue weighted by Gasteiger charge is -2.27. The smallest absolute Gasteiger partial charge is 0.385 e. The first kappa shape index (κ1) is 22.6. The highest BCUT2D eigenvalue weighted by atomic mass is 35.6. The van der Waals surface area contributed by atoms with Crippen LogP contribution in [0.4, 0.5) is 5.13 Å². The molecule has 0 aliphatic heterocycles. The van der Waals surface area contributed by atoms with Crippen LogP contribution in [0.5, 0.6) is 0 Å². The number of alkyl halides is 3. The average molecular weight is 487 g/mol. The highest BCUT2D eigenvalue weighted by Gasteiger charge is 2.41. The molecule has 0 bridgehead atoms. The maximum atomic E-state index is 6.22. The first-order valence-corrected chi connectivity index (χ1v) is 10.8. The largest absolute Gasteiger partial charge is 0.454 e. The van der Waals surface area contributed by atoms with Crippen LogP contribution in [0.1, 0.15) is 0 Å². The number of aliphatic imine (C=N–C) groups is 1. The van der Waals surface area contributed by atoms with Crippen molar-refractivity contribution in [2.24, 2.45) is 4.99 Å². The molecule has 0 fully saturated rings. The van der Waals surface area contributed by atoms with Crippen LogP contribution in [0.25, 0.3) is 17.1 Å². The van der Waals surface area contributed by atoms with Crippen molar-refractivity contribution in [3.05, 3.63) is 60.7 Å². The molecule has 3 rings (SSSR count). The summed E-state index contributed by atoms with van der Waals surface area (Å²) in [4.78, 5) is 10.8. The molecular weight excluding hydrogens is 467 g/mol. The van der Waals surface area contributed by atoms with E-state index in [1.165, 1.54) is 25.8 Å². The van der Waals surface area contributed by atoms with Gasteiger partial charge in [0.15, 0.2) is 6.17 Å². The molecule has 0 amide bonds. The molecule has 0 radical (unpaired) electrons. The monoisotopic (exact) mass is 485 g/mol. The average Bonchev–Trinajstić information content (AvgIpc) is 3.20. The number of halogens is 3. The van der Waals surface area contributed by atoms with Gasteiger partial charge in [-0.05, 0) is 29.2 Å². The number of para-hydroxylation sites is 1. The molecule has 0 aliphatic rings. The molecule has 0 unspecified atom stereocenters. The van der Waals surface area contributed by atoms with Crippen molar-refractivity contribution in [2.45, 2.75) is 9.96 Å². The van der Waals surface area contributed by atoms with E-state index < -0.39 is 9.96 Å². The van der Waals surface area contributed by atoms with Gasteiger partial charge in [-0.25, -0.2) is 0 Å². The normalized spacial score (nSPS) is 12.2. The van der Waals surface area contributed by atoms with Gasteiger partial charge in [0.1, 0.15) is 17.2 Å². The fraction of sp³-hybridized carbons (Fsp3) is 0.250. The van der Waals surface area contributed by atoms with Crippen molar-refractivity contribution in [2.75, 3.05) is 26.2 Å². The summed E-state index contributed by atoms with van der Waals surface area (Å²) in [5.41, 5.74) is 1.93. The quantitative estimate of drug-likeness (QED) is 0.223. The minimum Gasteiger partial charge on any atom is -0.454 e. The van der Waals surface area contributed by atoms with Gasteiger partial charge in [0.25, 0.3) is 0 Å². The third-order valence-electron chi connectivity index (χ3n) is 4.13. The Morgan fingerprint density at radius 1 is 1.03 bits per heavy atom. The van der Waals surface area contributed by atoms with E-state index in [1.54, 1.807) is 11.9 Å². The second kappa shape index (κ2) is 9.83.